The lowest BCUT2D eigenvalue weighted by atomic mass is 9.73. The summed E-state index contributed by atoms with van der Waals surface area (Å²) >= 11 is 7.64. The number of thioether (sulfide) groups is 1. The third kappa shape index (κ3) is 22.4. The highest BCUT2D eigenvalue weighted by Gasteiger charge is 2.55. The Balaban J connectivity index is 0.557. The van der Waals surface area contributed by atoms with Gasteiger partial charge in [-0.05, 0) is 184 Å². The van der Waals surface area contributed by atoms with Crippen molar-refractivity contribution < 1.29 is 72.9 Å². The number of benzene rings is 5. The molecule has 0 spiro atoms. The number of hydrogen-bond acceptors (Lipinski definition) is 21. The molecule has 33 heteroatoms. The maximum absolute atomic E-state index is 14.6. The predicted molar refractivity (Wildman–Crippen MR) is 437 cm³/mol. The molecule has 12 rings (SSSR count). The molecule has 116 heavy (non-hydrogen) atoms. The van der Waals surface area contributed by atoms with Crippen molar-refractivity contribution in [1.82, 2.24) is 55.3 Å². The van der Waals surface area contributed by atoms with Gasteiger partial charge in [-0.1, -0.05) is 86.5 Å². The van der Waals surface area contributed by atoms with Gasteiger partial charge in [0.05, 0.1) is 61.9 Å². The summed E-state index contributed by atoms with van der Waals surface area (Å²) < 4.78 is 126. The van der Waals surface area contributed by atoms with Crippen molar-refractivity contribution in [2.75, 3.05) is 121 Å². The van der Waals surface area contributed by atoms with E-state index in [0.717, 1.165) is 92.0 Å². The molecule has 1 aromatic heterocycles. The second-order valence-corrected chi connectivity index (χ2v) is 37.3. The summed E-state index contributed by atoms with van der Waals surface area (Å²) in [6, 6.07) is 28.9. The van der Waals surface area contributed by atoms with Crippen LogP contribution in [0.3, 0.4) is 0 Å². The van der Waals surface area contributed by atoms with Gasteiger partial charge in [0.15, 0.2) is 0 Å². The number of fused-ring (bicyclic) bond motifs is 2. The zero-order valence-electron chi connectivity index (χ0n) is 66.6. The Kier molecular flexibility index (Phi) is 29.1. The van der Waals surface area contributed by atoms with E-state index < -0.39 is 82.6 Å². The molecular weight excluding hydrogens is 1580 g/mol. The van der Waals surface area contributed by atoms with Gasteiger partial charge in [0, 0.05) is 118 Å². The summed E-state index contributed by atoms with van der Waals surface area (Å²) in [6.45, 7) is 18.6. The van der Waals surface area contributed by atoms with E-state index in [1.807, 2.05) is 79.2 Å². The summed E-state index contributed by atoms with van der Waals surface area (Å²) in [5.74, 6) is -1.00. The molecule has 6 atom stereocenters. The number of nitrogens with one attached hydrogen (secondary N) is 5. The summed E-state index contributed by atoms with van der Waals surface area (Å²) in [5.41, 5.74) is 0.803. The molecule has 6 unspecified atom stereocenters. The highest BCUT2D eigenvalue weighted by atomic mass is 35.5. The van der Waals surface area contributed by atoms with E-state index in [-0.39, 0.29) is 66.0 Å². The molecule has 5 aromatic carbocycles. The number of anilines is 2. The minimum atomic E-state index is -6.17. The molecule has 2 aliphatic carbocycles. The molecule has 4 saturated heterocycles. The predicted octanol–water partition coefficient (Wildman–Crippen LogP) is 10.3. The Labute approximate surface area is 687 Å². The van der Waals surface area contributed by atoms with Crippen molar-refractivity contribution in [1.29, 1.82) is 0 Å². The molecule has 5 amide bonds. The van der Waals surface area contributed by atoms with Crippen molar-refractivity contribution in [3.8, 4) is 5.75 Å². The molecule has 0 radical (unpaired) electrons. The Morgan fingerprint density at radius 3 is 2.25 bits per heavy atom. The van der Waals surface area contributed by atoms with E-state index in [4.69, 9.17) is 30.5 Å². The molecule has 0 saturated carbocycles. The first kappa shape index (κ1) is 87.1. The second-order valence-electron chi connectivity index (χ2n) is 32.2. The number of aromatic nitrogens is 3. The highest BCUT2D eigenvalue weighted by Crippen LogP contribution is 2.46. The van der Waals surface area contributed by atoms with Gasteiger partial charge in [-0.25, -0.2) is 21.6 Å². The maximum atomic E-state index is 14.6. The number of ether oxygens (including phenoxy) is 4. The third-order valence-electron chi connectivity index (χ3n) is 22.7. The molecule has 4 aliphatic heterocycles. The Hall–Kier alpha value is -8.18. The van der Waals surface area contributed by atoms with E-state index in [2.05, 4.69) is 72.3 Å². The van der Waals surface area contributed by atoms with Crippen LogP contribution in [0.1, 0.15) is 138 Å². The second kappa shape index (κ2) is 38.7. The zero-order valence-corrected chi connectivity index (χ0v) is 69.8. The molecule has 0 bridgehead atoms. The van der Waals surface area contributed by atoms with Crippen LogP contribution < -0.4 is 35.6 Å². The van der Waals surface area contributed by atoms with E-state index in [1.54, 1.807) is 46.8 Å². The van der Waals surface area contributed by atoms with Crippen LogP contribution in [0.25, 0.3) is 5.57 Å². The monoisotopic (exact) mass is 1680 g/mol. The number of carbonyl (C=O) groups excluding carboxylic acids is 5. The van der Waals surface area contributed by atoms with Crippen LogP contribution in [0.2, 0.25) is 5.02 Å². The average Bonchev–Trinajstić information content (AvgIpc) is 1.50. The molecule has 628 valence electrons. The number of allylic oxidation sites excluding steroid dienone is 1. The van der Waals surface area contributed by atoms with Crippen molar-refractivity contribution >= 4 is 89.7 Å². The van der Waals surface area contributed by atoms with Crippen LogP contribution in [-0.2, 0) is 72.8 Å². The van der Waals surface area contributed by atoms with Gasteiger partial charge in [0.2, 0.25) is 23.6 Å². The van der Waals surface area contributed by atoms with Gasteiger partial charge in [0.25, 0.3) is 25.8 Å². The molecule has 6 aliphatic rings. The van der Waals surface area contributed by atoms with Gasteiger partial charge in [-0.2, -0.15) is 13.2 Å². The maximum Gasteiger partial charge on any atom is 0.501 e. The SMILES string of the molecule is CNC(C)C(=O)NC1CCOC2CC(C)(C)C(C(=O)NC3CCCc4cc(OCCOCCOCc5cn(CCCC(=O)N6CCN(CCC(CSc7ccccc7)Nc7ccc(S(=O)(=O)NC(=O)c8ccc(N9CCN(CC%10=C(c%11ccc(Cl)cc%11)CCC(C)(C)C%10)CC9)cc8)cc7S(=O)(=O)C(F)(F)F)CC6)nn5)ccc43)N2C1=O. The minimum Gasteiger partial charge on any atom is -0.491 e. The van der Waals surface area contributed by atoms with Crippen LogP contribution in [-0.4, -0.2) is 228 Å². The Morgan fingerprint density at radius 2 is 1.52 bits per heavy atom. The number of piperazine rings is 2. The van der Waals surface area contributed by atoms with E-state index in [9.17, 15) is 54.0 Å². The summed E-state index contributed by atoms with van der Waals surface area (Å²) in [6.07, 6.45) is 8.58. The van der Waals surface area contributed by atoms with Gasteiger partial charge in [-0.3, -0.25) is 38.5 Å². The number of likely N-dealkylation sites (N-methyl/N-ethyl adjacent to an activating group) is 1. The van der Waals surface area contributed by atoms with Gasteiger partial charge in [0.1, 0.15) is 41.3 Å². The van der Waals surface area contributed by atoms with Gasteiger partial charge in [-0.15, -0.1) is 16.9 Å². The standard InChI is InChI=1S/C83H107ClF3N13O13S3/c1-56(88-6)77(102)91-72-31-43-113-75-51-82(4,5)76(100(75)80(72)105)79(104)90-70-15-10-12-59-48-65(25-27-69(59)70)112-47-46-110-44-45-111-54-63-53-99(94-92-63)33-11-16-74(101)98-41-35-95(36-42-98)34-30-62(55-114-66-13-8-7-9-14-66)89-71-28-26-67(49-73(71)115(106,107)83(85,86)87)116(108,109)93-78(103)58-19-23-64(24-20-58)97-39-37-96(38-40-97)52-60-50-81(2,3)32-29-68(60)57-17-21-61(84)22-18-57/h7-9,13-14,17-28,48-49,53,56,62,70,72,75-76,88-89H,10-12,15-16,29-47,50-52,54-55H2,1-6H3,(H,90,104)(H,91,102)(H,93,103). The van der Waals surface area contributed by atoms with Crippen molar-refractivity contribution in [2.24, 2.45) is 10.8 Å². The number of nitrogens with zero attached hydrogens (tertiary/aromatic N) is 8. The number of alkyl halides is 3. The first-order chi connectivity index (χ1) is 55.4. The van der Waals surface area contributed by atoms with Crippen LogP contribution in [0.15, 0.2) is 142 Å². The van der Waals surface area contributed by atoms with Crippen LogP contribution in [0.5, 0.6) is 5.75 Å². The number of sulfone groups is 1. The van der Waals surface area contributed by atoms with Crippen LogP contribution in [0, 0.1) is 10.8 Å². The quantitative estimate of drug-likeness (QED) is 0.0185. The molecule has 5 heterocycles. The lowest BCUT2D eigenvalue weighted by Gasteiger charge is -2.39. The zero-order chi connectivity index (χ0) is 82.5. The molecular formula is C83H107ClF3N13O13S3. The Morgan fingerprint density at radius 1 is 0.793 bits per heavy atom. The van der Waals surface area contributed by atoms with Gasteiger partial charge >= 0.3 is 5.51 Å². The van der Waals surface area contributed by atoms with Crippen molar-refractivity contribution in [3.63, 3.8) is 0 Å². The summed E-state index contributed by atoms with van der Waals surface area (Å²) in [5, 5.41) is 21.2. The van der Waals surface area contributed by atoms with Crippen LogP contribution in [0.4, 0.5) is 24.5 Å². The number of sulfonamides is 1. The van der Waals surface area contributed by atoms with E-state index in [1.165, 1.54) is 40.6 Å². The summed E-state index contributed by atoms with van der Waals surface area (Å²) in [4.78, 5) is 77.0. The average molecular weight is 1680 g/mol. The smallest absolute Gasteiger partial charge is 0.491 e. The number of carbonyl (C=O) groups is 5. The molecule has 26 nitrogen and oxygen atoms in total. The number of amides is 5. The largest absolute Gasteiger partial charge is 0.501 e. The van der Waals surface area contributed by atoms with Gasteiger partial charge < -0.3 is 54.9 Å². The lowest BCUT2D eigenvalue weighted by Crippen LogP contribution is -2.58. The molecule has 4 fully saturated rings. The lowest BCUT2D eigenvalue weighted by molar-refractivity contribution is -0.150. The normalized spacial score (nSPS) is 20.6. The van der Waals surface area contributed by atoms with Crippen LogP contribution >= 0.6 is 23.4 Å². The first-order valence-electron chi connectivity index (χ1n) is 39.9. The fraction of sp³-hybridized carbons (Fsp3) is 0.530. The number of hydrogen-bond donors (Lipinski definition) is 5. The number of rotatable bonds is 34. The molecule has 5 N–H and O–H groups in total. The highest BCUT2D eigenvalue weighted by molar-refractivity contribution is 7.99. The summed E-state index contributed by atoms with van der Waals surface area (Å²) in [7, 11) is -9.44. The fourth-order valence-electron chi connectivity index (χ4n) is 16.1. The first-order valence-corrected chi connectivity index (χ1v) is 44.3. The fourth-order valence-corrected chi connectivity index (χ4v) is 19.3. The van der Waals surface area contributed by atoms with E-state index >= 15 is 0 Å². The number of aryl methyl sites for hydroxylation is 2. The van der Waals surface area contributed by atoms with E-state index in [0.29, 0.717) is 127 Å². The van der Waals surface area contributed by atoms with Crippen molar-refractivity contribution in [3.05, 3.63) is 160 Å². The third-order valence-corrected chi connectivity index (χ3v) is 27.0. The Bertz CT molecular complexity index is 4680. The number of halogens is 4. The minimum absolute atomic E-state index is 0.0285. The molecule has 6 aromatic rings. The van der Waals surface area contributed by atoms with Crippen molar-refractivity contribution in [2.45, 2.75) is 175 Å². The topological polar surface area (TPSA) is 298 Å².